The van der Waals surface area contributed by atoms with Gasteiger partial charge >= 0.3 is 0 Å². The minimum Gasteiger partial charge on any atom is -0.394 e. The molecule has 22 heavy (non-hydrogen) atoms. The number of carbonyl (C=O) groups is 1. The Bertz CT molecular complexity index is 658. The van der Waals surface area contributed by atoms with Gasteiger partial charge in [0, 0.05) is 0 Å². The first kappa shape index (κ1) is 14.8. The highest BCUT2D eigenvalue weighted by atomic mass is 16.3. The van der Waals surface area contributed by atoms with E-state index in [1.165, 1.54) is 0 Å². The molecular formula is C17H21N3O2. The van der Waals surface area contributed by atoms with Crippen LogP contribution in [0.1, 0.15) is 41.7 Å². The predicted molar refractivity (Wildman–Crippen MR) is 84.1 cm³/mol. The highest BCUT2D eigenvalue weighted by Crippen LogP contribution is 2.29. The van der Waals surface area contributed by atoms with E-state index in [0.717, 1.165) is 37.1 Å². The summed E-state index contributed by atoms with van der Waals surface area (Å²) < 4.78 is 1.76. The van der Waals surface area contributed by atoms with Gasteiger partial charge < -0.3 is 10.4 Å². The minimum absolute atomic E-state index is 0.00932. The van der Waals surface area contributed by atoms with Gasteiger partial charge in [-0.05, 0) is 31.9 Å². The summed E-state index contributed by atoms with van der Waals surface area (Å²) in [4.78, 5) is 12.6. The summed E-state index contributed by atoms with van der Waals surface area (Å²) in [7, 11) is 0. The molecule has 1 fully saturated rings. The van der Waals surface area contributed by atoms with Gasteiger partial charge in [0.05, 0.1) is 35.3 Å². The van der Waals surface area contributed by atoms with Crippen molar-refractivity contribution in [2.45, 2.75) is 38.1 Å². The molecule has 1 aromatic heterocycles. The van der Waals surface area contributed by atoms with Gasteiger partial charge in [0.2, 0.25) is 0 Å². The second kappa shape index (κ2) is 5.93. The third-order valence-corrected chi connectivity index (χ3v) is 4.50. The number of carbonyl (C=O) groups excluding carboxylic acids is 1. The molecule has 1 heterocycles. The molecule has 0 aliphatic heterocycles. The summed E-state index contributed by atoms with van der Waals surface area (Å²) in [5.74, 6) is -0.157. The molecule has 0 bridgehead atoms. The number of amides is 1. The molecule has 1 saturated carbocycles. The van der Waals surface area contributed by atoms with Crippen molar-refractivity contribution in [1.29, 1.82) is 0 Å². The number of aliphatic hydroxyl groups is 1. The zero-order valence-corrected chi connectivity index (χ0v) is 12.7. The van der Waals surface area contributed by atoms with Crippen molar-refractivity contribution in [3.63, 3.8) is 0 Å². The van der Waals surface area contributed by atoms with Crippen LogP contribution in [0.4, 0.5) is 0 Å². The number of para-hydroxylation sites is 1. The first-order chi connectivity index (χ1) is 10.7. The summed E-state index contributed by atoms with van der Waals surface area (Å²) in [6.07, 6.45) is 5.35. The van der Waals surface area contributed by atoms with Crippen LogP contribution in [0.2, 0.25) is 0 Å². The molecule has 2 aromatic rings. The molecule has 5 nitrogen and oxygen atoms in total. The summed E-state index contributed by atoms with van der Waals surface area (Å²) in [6.45, 7) is 1.87. The Kier molecular flexibility index (Phi) is 3.98. The number of aliphatic hydroxyl groups excluding tert-OH is 1. The Morgan fingerprint density at radius 2 is 2.00 bits per heavy atom. The minimum atomic E-state index is -0.460. The fourth-order valence-corrected chi connectivity index (χ4v) is 3.14. The lowest BCUT2D eigenvalue weighted by Crippen LogP contribution is -2.49. The molecule has 116 valence electrons. The van der Waals surface area contributed by atoms with Gasteiger partial charge in [-0.3, -0.25) is 4.79 Å². The Hall–Kier alpha value is -2.14. The fourth-order valence-electron chi connectivity index (χ4n) is 3.14. The SMILES string of the molecule is Cc1c(C(=O)NC2(CO)CCCC2)cnn1-c1ccccc1. The monoisotopic (exact) mass is 299 g/mol. The predicted octanol–water partition coefficient (Wildman–Crippen LogP) is 2.22. The molecule has 1 aromatic carbocycles. The maximum absolute atomic E-state index is 12.6. The van der Waals surface area contributed by atoms with Crippen molar-refractivity contribution in [3.05, 3.63) is 47.8 Å². The Morgan fingerprint density at radius 1 is 1.32 bits per heavy atom. The van der Waals surface area contributed by atoms with Crippen molar-refractivity contribution in [1.82, 2.24) is 15.1 Å². The molecule has 5 heteroatoms. The summed E-state index contributed by atoms with van der Waals surface area (Å²) >= 11 is 0. The van der Waals surface area contributed by atoms with E-state index < -0.39 is 5.54 Å². The lowest BCUT2D eigenvalue weighted by atomic mass is 9.98. The Morgan fingerprint density at radius 3 is 2.64 bits per heavy atom. The molecule has 0 radical (unpaired) electrons. The zero-order valence-electron chi connectivity index (χ0n) is 12.7. The van der Waals surface area contributed by atoms with Crippen LogP contribution in [-0.2, 0) is 0 Å². The lowest BCUT2D eigenvalue weighted by Gasteiger charge is -2.27. The van der Waals surface area contributed by atoms with Crippen LogP contribution < -0.4 is 5.32 Å². The van der Waals surface area contributed by atoms with E-state index >= 15 is 0 Å². The van der Waals surface area contributed by atoms with Gasteiger partial charge in [0.1, 0.15) is 0 Å². The van der Waals surface area contributed by atoms with Crippen molar-refractivity contribution < 1.29 is 9.90 Å². The Balaban J connectivity index is 1.84. The van der Waals surface area contributed by atoms with Gasteiger partial charge in [-0.2, -0.15) is 5.10 Å². The first-order valence-electron chi connectivity index (χ1n) is 7.69. The van der Waals surface area contributed by atoms with Crippen LogP contribution >= 0.6 is 0 Å². The summed E-state index contributed by atoms with van der Waals surface area (Å²) in [5, 5.41) is 17.0. The van der Waals surface area contributed by atoms with Crippen molar-refractivity contribution >= 4 is 5.91 Å². The molecule has 1 aliphatic carbocycles. The summed E-state index contributed by atoms with van der Waals surface area (Å²) in [5.41, 5.74) is 1.83. The van der Waals surface area contributed by atoms with E-state index in [4.69, 9.17) is 0 Å². The maximum atomic E-state index is 12.6. The average molecular weight is 299 g/mol. The molecule has 0 spiro atoms. The first-order valence-corrected chi connectivity index (χ1v) is 7.69. The highest BCUT2D eigenvalue weighted by molar-refractivity contribution is 5.95. The van der Waals surface area contributed by atoms with E-state index in [-0.39, 0.29) is 12.5 Å². The van der Waals surface area contributed by atoms with E-state index in [2.05, 4.69) is 10.4 Å². The molecule has 1 amide bonds. The molecular weight excluding hydrogens is 278 g/mol. The largest absolute Gasteiger partial charge is 0.394 e. The number of hydrogen-bond donors (Lipinski definition) is 2. The standard InChI is InChI=1S/C17H21N3O2/c1-13-15(11-18-20(13)14-7-3-2-4-8-14)16(22)19-17(12-21)9-5-6-10-17/h2-4,7-8,11,21H,5-6,9-10,12H2,1H3,(H,19,22). The lowest BCUT2D eigenvalue weighted by molar-refractivity contribution is 0.0838. The van der Waals surface area contributed by atoms with Crippen LogP contribution in [-0.4, -0.2) is 32.9 Å². The average Bonchev–Trinajstić information content (AvgIpc) is 3.15. The molecule has 0 saturated heterocycles. The molecule has 2 N–H and O–H groups in total. The van der Waals surface area contributed by atoms with Crippen LogP contribution in [0.5, 0.6) is 0 Å². The fraction of sp³-hybridized carbons (Fsp3) is 0.412. The van der Waals surface area contributed by atoms with Crippen LogP contribution in [0, 0.1) is 6.92 Å². The smallest absolute Gasteiger partial charge is 0.255 e. The van der Waals surface area contributed by atoms with Gasteiger partial charge in [0.15, 0.2) is 0 Å². The van der Waals surface area contributed by atoms with Crippen molar-refractivity contribution in [2.75, 3.05) is 6.61 Å². The molecule has 0 unspecified atom stereocenters. The zero-order chi connectivity index (χ0) is 15.6. The van der Waals surface area contributed by atoms with Crippen LogP contribution in [0.15, 0.2) is 36.5 Å². The summed E-state index contributed by atoms with van der Waals surface area (Å²) in [6, 6.07) is 9.73. The topological polar surface area (TPSA) is 67.2 Å². The highest BCUT2D eigenvalue weighted by Gasteiger charge is 2.35. The number of benzene rings is 1. The second-order valence-electron chi connectivity index (χ2n) is 5.99. The quantitative estimate of drug-likeness (QED) is 0.909. The number of aromatic nitrogens is 2. The van der Waals surface area contributed by atoms with Crippen molar-refractivity contribution in [3.8, 4) is 5.69 Å². The van der Waals surface area contributed by atoms with E-state index in [1.54, 1.807) is 10.9 Å². The van der Waals surface area contributed by atoms with Gasteiger partial charge in [-0.25, -0.2) is 4.68 Å². The van der Waals surface area contributed by atoms with E-state index in [9.17, 15) is 9.90 Å². The molecule has 3 rings (SSSR count). The maximum Gasteiger partial charge on any atom is 0.255 e. The number of hydrogen-bond acceptors (Lipinski definition) is 3. The number of nitrogens with zero attached hydrogens (tertiary/aromatic N) is 2. The third kappa shape index (κ3) is 2.64. The van der Waals surface area contributed by atoms with Crippen molar-refractivity contribution in [2.24, 2.45) is 0 Å². The Labute approximate surface area is 130 Å². The third-order valence-electron chi connectivity index (χ3n) is 4.50. The van der Waals surface area contributed by atoms with Gasteiger partial charge in [-0.1, -0.05) is 31.0 Å². The van der Waals surface area contributed by atoms with E-state index in [0.29, 0.717) is 5.56 Å². The number of nitrogens with one attached hydrogen (secondary N) is 1. The molecule has 0 atom stereocenters. The second-order valence-corrected chi connectivity index (χ2v) is 5.99. The normalized spacial score (nSPS) is 16.6. The molecule has 1 aliphatic rings. The van der Waals surface area contributed by atoms with Gasteiger partial charge in [-0.15, -0.1) is 0 Å². The number of rotatable bonds is 4. The van der Waals surface area contributed by atoms with Crippen LogP contribution in [0.3, 0.4) is 0 Å². The van der Waals surface area contributed by atoms with Crippen LogP contribution in [0.25, 0.3) is 5.69 Å². The van der Waals surface area contributed by atoms with Gasteiger partial charge in [0.25, 0.3) is 5.91 Å². The van der Waals surface area contributed by atoms with E-state index in [1.807, 2.05) is 37.3 Å².